The van der Waals surface area contributed by atoms with Crippen LogP contribution in [0.5, 0.6) is 0 Å². The summed E-state index contributed by atoms with van der Waals surface area (Å²) in [6.07, 6.45) is 1.42. The predicted octanol–water partition coefficient (Wildman–Crippen LogP) is 2.23. The van der Waals surface area contributed by atoms with Gasteiger partial charge >= 0.3 is 5.97 Å². The molecule has 1 heterocycles. The minimum Gasteiger partial charge on any atom is -0.481 e. The zero-order valence-corrected chi connectivity index (χ0v) is 12.3. The predicted molar refractivity (Wildman–Crippen MR) is 73.8 cm³/mol. The molecule has 0 radical (unpaired) electrons. The maximum Gasteiger partial charge on any atom is 0.305 e. The molecule has 0 saturated carbocycles. The molecule has 1 aliphatic heterocycles. The van der Waals surface area contributed by atoms with Crippen molar-refractivity contribution >= 4 is 23.6 Å². The molecule has 104 valence electrons. The number of aliphatic carboxylic acids is 1. The van der Waals surface area contributed by atoms with Crippen LogP contribution in [-0.4, -0.2) is 46.0 Å². The van der Waals surface area contributed by atoms with Gasteiger partial charge in [-0.05, 0) is 11.8 Å². The first-order valence-electron chi connectivity index (χ1n) is 6.38. The summed E-state index contributed by atoms with van der Waals surface area (Å²) in [5.74, 6) is 0.942. The van der Waals surface area contributed by atoms with Crippen LogP contribution in [0.1, 0.15) is 40.0 Å². The van der Waals surface area contributed by atoms with Crippen LogP contribution in [0.25, 0.3) is 0 Å². The Morgan fingerprint density at radius 2 is 2.06 bits per heavy atom. The van der Waals surface area contributed by atoms with Gasteiger partial charge in [-0.3, -0.25) is 9.59 Å². The lowest BCUT2D eigenvalue weighted by molar-refractivity contribution is -0.140. The number of amides is 1. The molecule has 1 fully saturated rings. The summed E-state index contributed by atoms with van der Waals surface area (Å²) in [6, 6.07) is -0.131. The monoisotopic (exact) mass is 273 g/mol. The van der Waals surface area contributed by atoms with Crippen LogP contribution >= 0.6 is 11.8 Å². The minimum absolute atomic E-state index is 0.0637. The molecule has 1 atom stereocenters. The molecule has 0 aromatic carbocycles. The van der Waals surface area contributed by atoms with E-state index < -0.39 is 5.97 Å². The molecule has 0 spiro atoms. The molecule has 4 nitrogen and oxygen atoms in total. The van der Waals surface area contributed by atoms with Gasteiger partial charge < -0.3 is 10.0 Å². The van der Waals surface area contributed by atoms with Crippen molar-refractivity contribution in [1.82, 2.24) is 4.90 Å². The Balaban J connectivity index is 2.54. The number of hydrogen-bond donors (Lipinski definition) is 1. The Morgan fingerprint density at radius 3 is 2.61 bits per heavy atom. The highest BCUT2D eigenvalue weighted by Gasteiger charge is 2.29. The summed E-state index contributed by atoms with van der Waals surface area (Å²) in [5.41, 5.74) is 0.141. The summed E-state index contributed by atoms with van der Waals surface area (Å²) in [4.78, 5) is 24.7. The second-order valence-electron chi connectivity index (χ2n) is 5.97. The first kappa shape index (κ1) is 15.3. The molecular weight excluding hydrogens is 250 g/mol. The van der Waals surface area contributed by atoms with E-state index in [1.807, 2.05) is 0 Å². The Morgan fingerprint density at radius 1 is 1.39 bits per heavy atom. The highest BCUT2D eigenvalue weighted by atomic mass is 32.2. The zero-order valence-electron chi connectivity index (χ0n) is 11.4. The fourth-order valence-electron chi connectivity index (χ4n) is 1.98. The molecule has 0 aliphatic carbocycles. The van der Waals surface area contributed by atoms with Crippen LogP contribution in [0.3, 0.4) is 0 Å². The van der Waals surface area contributed by atoms with E-state index in [1.165, 1.54) is 0 Å². The SMILES string of the molecule is CC(C)(C)CCC(=O)N1CCSC[C@H]1CC(=O)O. The highest BCUT2D eigenvalue weighted by molar-refractivity contribution is 7.99. The third-order valence-electron chi connectivity index (χ3n) is 3.05. The van der Waals surface area contributed by atoms with Gasteiger partial charge in [0.05, 0.1) is 12.5 Å². The number of carboxylic acids is 1. The van der Waals surface area contributed by atoms with Gasteiger partial charge in [0.1, 0.15) is 0 Å². The summed E-state index contributed by atoms with van der Waals surface area (Å²) >= 11 is 1.73. The van der Waals surface area contributed by atoms with Crippen molar-refractivity contribution < 1.29 is 14.7 Å². The van der Waals surface area contributed by atoms with Crippen LogP contribution in [0.2, 0.25) is 0 Å². The largest absolute Gasteiger partial charge is 0.481 e. The molecule has 5 heteroatoms. The molecule has 1 aliphatic rings. The molecular formula is C13H23NO3S. The Kier molecular flexibility index (Phi) is 5.50. The van der Waals surface area contributed by atoms with E-state index in [4.69, 9.17) is 5.11 Å². The maximum absolute atomic E-state index is 12.2. The lowest BCUT2D eigenvalue weighted by atomic mass is 9.90. The molecule has 1 N–H and O–H groups in total. The molecule has 1 saturated heterocycles. The van der Waals surface area contributed by atoms with Crippen LogP contribution in [0.15, 0.2) is 0 Å². The third kappa shape index (κ3) is 5.29. The number of carbonyl (C=O) groups excluding carboxylic acids is 1. The lowest BCUT2D eigenvalue weighted by Gasteiger charge is -2.35. The fraction of sp³-hybridized carbons (Fsp3) is 0.846. The van der Waals surface area contributed by atoms with Crippen LogP contribution in [0.4, 0.5) is 0 Å². The Labute approximate surface area is 113 Å². The first-order chi connectivity index (χ1) is 8.29. The van der Waals surface area contributed by atoms with Gasteiger partial charge in [-0.1, -0.05) is 20.8 Å². The third-order valence-corrected chi connectivity index (χ3v) is 4.14. The van der Waals surface area contributed by atoms with Crippen molar-refractivity contribution in [3.63, 3.8) is 0 Å². The lowest BCUT2D eigenvalue weighted by Crippen LogP contribution is -2.47. The molecule has 0 bridgehead atoms. The standard InChI is InChI=1S/C13H23NO3S/c1-13(2,3)5-4-11(15)14-6-7-18-9-10(14)8-12(16)17/h10H,4-9H2,1-3H3,(H,16,17)/t10-/m1/s1. The molecule has 0 unspecified atom stereocenters. The average Bonchev–Trinajstić information content (AvgIpc) is 2.25. The first-order valence-corrected chi connectivity index (χ1v) is 7.54. The van der Waals surface area contributed by atoms with E-state index in [2.05, 4.69) is 20.8 Å². The molecule has 1 amide bonds. The van der Waals surface area contributed by atoms with Crippen molar-refractivity contribution in [2.45, 2.75) is 46.1 Å². The van der Waals surface area contributed by atoms with Gasteiger partial charge in [-0.15, -0.1) is 0 Å². The number of carboxylic acid groups (broad SMARTS) is 1. The van der Waals surface area contributed by atoms with Crippen molar-refractivity contribution in [3.8, 4) is 0 Å². The molecule has 0 aromatic heterocycles. The van der Waals surface area contributed by atoms with E-state index in [0.29, 0.717) is 13.0 Å². The smallest absolute Gasteiger partial charge is 0.305 e. The summed E-state index contributed by atoms with van der Waals surface area (Å²) < 4.78 is 0. The number of carbonyl (C=O) groups is 2. The van der Waals surface area contributed by atoms with Crippen molar-refractivity contribution in [2.24, 2.45) is 5.41 Å². The number of nitrogens with zero attached hydrogens (tertiary/aromatic N) is 1. The van der Waals surface area contributed by atoms with E-state index in [-0.39, 0.29) is 23.8 Å². The minimum atomic E-state index is -0.823. The van der Waals surface area contributed by atoms with Gasteiger partial charge in [0.2, 0.25) is 5.91 Å². The number of thioether (sulfide) groups is 1. The van der Waals surface area contributed by atoms with Gasteiger partial charge in [0.15, 0.2) is 0 Å². The normalized spacial score (nSPS) is 20.8. The van der Waals surface area contributed by atoms with Gasteiger partial charge in [-0.2, -0.15) is 11.8 Å². The van der Waals surface area contributed by atoms with Crippen molar-refractivity contribution in [3.05, 3.63) is 0 Å². The zero-order chi connectivity index (χ0) is 13.8. The van der Waals surface area contributed by atoms with Gasteiger partial charge in [0, 0.05) is 24.5 Å². The summed E-state index contributed by atoms with van der Waals surface area (Å²) in [7, 11) is 0. The topological polar surface area (TPSA) is 57.6 Å². The maximum atomic E-state index is 12.2. The fourth-order valence-corrected chi connectivity index (χ4v) is 3.04. The quantitative estimate of drug-likeness (QED) is 0.853. The van der Waals surface area contributed by atoms with E-state index in [9.17, 15) is 9.59 Å². The second kappa shape index (κ2) is 6.45. The Hall–Kier alpha value is -0.710. The van der Waals surface area contributed by atoms with Crippen LogP contribution in [0, 0.1) is 5.41 Å². The molecule has 0 aromatic rings. The average molecular weight is 273 g/mol. The molecule has 18 heavy (non-hydrogen) atoms. The van der Waals surface area contributed by atoms with E-state index in [0.717, 1.165) is 17.9 Å². The number of hydrogen-bond acceptors (Lipinski definition) is 3. The summed E-state index contributed by atoms with van der Waals surface area (Å²) in [5, 5.41) is 8.88. The van der Waals surface area contributed by atoms with E-state index in [1.54, 1.807) is 16.7 Å². The molecule has 1 rings (SSSR count). The van der Waals surface area contributed by atoms with Crippen LogP contribution < -0.4 is 0 Å². The van der Waals surface area contributed by atoms with Gasteiger partial charge in [-0.25, -0.2) is 0 Å². The van der Waals surface area contributed by atoms with Crippen molar-refractivity contribution in [2.75, 3.05) is 18.1 Å². The van der Waals surface area contributed by atoms with E-state index >= 15 is 0 Å². The Bertz CT molecular complexity index is 312. The summed E-state index contributed by atoms with van der Waals surface area (Å²) in [6.45, 7) is 7.02. The number of rotatable bonds is 4. The van der Waals surface area contributed by atoms with Gasteiger partial charge in [0.25, 0.3) is 0 Å². The van der Waals surface area contributed by atoms with Crippen molar-refractivity contribution in [1.29, 1.82) is 0 Å². The second-order valence-corrected chi connectivity index (χ2v) is 7.12. The highest BCUT2D eigenvalue weighted by Crippen LogP contribution is 2.24. The van der Waals surface area contributed by atoms with Crippen LogP contribution in [-0.2, 0) is 9.59 Å².